The number of nitrogens with zero attached hydrogens (tertiary/aromatic N) is 1. The molecule has 0 spiro atoms. The summed E-state index contributed by atoms with van der Waals surface area (Å²) in [6.45, 7) is 4.69. The van der Waals surface area contributed by atoms with Crippen LogP contribution in [0.3, 0.4) is 0 Å². The Balaban J connectivity index is 1.96. The van der Waals surface area contributed by atoms with Crippen LogP contribution in [0.15, 0.2) is 48.5 Å². The molecule has 0 aliphatic carbocycles. The van der Waals surface area contributed by atoms with Gasteiger partial charge in [-0.2, -0.15) is 4.98 Å². The molecule has 3 N–H and O–H groups in total. The number of nitrogens with two attached hydrogens (primary N) is 1. The summed E-state index contributed by atoms with van der Waals surface area (Å²) < 4.78 is 39.1. The Morgan fingerprint density at radius 2 is 1.77 bits per heavy atom. The molecule has 0 saturated carbocycles. The number of ether oxygens (including phenoxy) is 2. The van der Waals surface area contributed by atoms with Gasteiger partial charge in [-0.1, -0.05) is 24.3 Å². The van der Waals surface area contributed by atoms with Gasteiger partial charge in [0.05, 0.1) is 0 Å². The van der Waals surface area contributed by atoms with Gasteiger partial charge in [0.25, 0.3) is 11.8 Å². The fourth-order valence-corrected chi connectivity index (χ4v) is 2.83. The Morgan fingerprint density at radius 1 is 1.06 bits per heavy atom. The van der Waals surface area contributed by atoms with E-state index in [1.54, 1.807) is 12.1 Å². The molecule has 0 unspecified atom stereocenters. The molecule has 3 rings (SSSR count). The van der Waals surface area contributed by atoms with Crippen molar-refractivity contribution in [2.45, 2.75) is 32.9 Å². The van der Waals surface area contributed by atoms with Gasteiger partial charge in [-0.25, -0.2) is 13.6 Å². The summed E-state index contributed by atoms with van der Waals surface area (Å²) in [5, 5.41) is 9.17. The highest BCUT2D eigenvalue weighted by atomic mass is 19.1. The van der Waals surface area contributed by atoms with Crippen LogP contribution in [0.4, 0.5) is 8.78 Å². The van der Waals surface area contributed by atoms with Gasteiger partial charge in [0, 0.05) is 12.6 Å². The highest BCUT2D eigenvalue weighted by Gasteiger charge is 2.32. The monoisotopic (exact) mass is 428 g/mol. The van der Waals surface area contributed by atoms with E-state index >= 15 is 0 Å². The van der Waals surface area contributed by atoms with Crippen LogP contribution < -0.4 is 15.2 Å². The first kappa shape index (κ1) is 22.2. The molecule has 0 radical (unpaired) electrons. The van der Waals surface area contributed by atoms with E-state index in [1.807, 2.05) is 37.3 Å². The molecule has 0 bridgehead atoms. The first-order chi connectivity index (χ1) is 14.6. The average molecular weight is 428 g/mol. The Hall–Kier alpha value is -3.52. The van der Waals surface area contributed by atoms with Crippen molar-refractivity contribution < 1.29 is 28.2 Å². The van der Waals surface area contributed by atoms with Crippen molar-refractivity contribution in [1.29, 1.82) is 0 Å². The van der Waals surface area contributed by atoms with Gasteiger partial charge in [-0.3, -0.25) is 0 Å². The first-order valence-electron chi connectivity index (χ1n) is 9.46. The van der Waals surface area contributed by atoms with Gasteiger partial charge < -0.3 is 20.3 Å². The number of hydrogen-bond acceptors (Lipinski definition) is 5. The second-order valence-electron chi connectivity index (χ2n) is 7.52. The summed E-state index contributed by atoms with van der Waals surface area (Å²) >= 11 is 0. The van der Waals surface area contributed by atoms with Gasteiger partial charge in [-0.05, 0) is 61.2 Å². The standard InChI is InChI=1S/C23H22F2N2O4/c1-13-7-16(15-6-4-5-14(9-15)12-26)10-17(8-13)30-20-18(24)11-19(25)21(27-20)31-23(2,3)22(28)29/h4-11H,12,26H2,1-3H3,(H,28,29). The average Bonchev–Trinajstić information content (AvgIpc) is 2.71. The third kappa shape index (κ3) is 5.16. The molecule has 1 aromatic heterocycles. The van der Waals surface area contributed by atoms with Crippen molar-refractivity contribution in [2.24, 2.45) is 5.73 Å². The molecule has 0 saturated heterocycles. The largest absolute Gasteiger partial charge is 0.478 e. The maximum atomic E-state index is 14.3. The van der Waals surface area contributed by atoms with E-state index in [9.17, 15) is 18.7 Å². The zero-order valence-corrected chi connectivity index (χ0v) is 17.3. The molecule has 2 aromatic carbocycles. The third-order valence-electron chi connectivity index (χ3n) is 4.49. The molecule has 0 fully saturated rings. The summed E-state index contributed by atoms with van der Waals surface area (Å²) in [6, 6.07) is 13.5. The summed E-state index contributed by atoms with van der Waals surface area (Å²) in [4.78, 5) is 15.0. The van der Waals surface area contributed by atoms with Crippen LogP contribution in [-0.4, -0.2) is 21.7 Å². The van der Waals surface area contributed by atoms with Crippen LogP contribution in [0.2, 0.25) is 0 Å². The molecule has 3 aromatic rings. The van der Waals surface area contributed by atoms with E-state index in [0.717, 1.165) is 22.3 Å². The van der Waals surface area contributed by atoms with Crippen LogP contribution in [-0.2, 0) is 11.3 Å². The van der Waals surface area contributed by atoms with Gasteiger partial charge >= 0.3 is 5.97 Å². The van der Waals surface area contributed by atoms with Crippen LogP contribution >= 0.6 is 0 Å². The lowest BCUT2D eigenvalue weighted by Gasteiger charge is -2.21. The molecule has 0 aliphatic heterocycles. The minimum Gasteiger partial charge on any atom is -0.478 e. The van der Waals surface area contributed by atoms with Crippen LogP contribution in [0.1, 0.15) is 25.0 Å². The van der Waals surface area contributed by atoms with Crippen molar-refractivity contribution in [3.8, 4) is 28.6 Å². The molecule has 0 amide bonds. The summed E-state index contributed by atoms with van der Waals surface area (Å²) in [5.74, 6) is -4.45. The zero-order valence-electron chi connectivity index (χ0n) is 17.3. The van der Waals surface area contributed by atoms with E-state index < -0.39 is 35.0 Å². The number of aromatic nitrogens is 1. The second kappa shape index (κ2) is 8.69. The van der Waals surface area contributed by atoms with E-state index in [4.69, 9.17) is 15.2 Å². The highest BCUT2D eigenvalue weighted by Crippen LogP contribution is 2.32. The van der Waals surface area contributed by atoms with Crippen molar-refractivity contribution in [1.82, 2.24) is 4.98 Å². The predicted octanol–water partition coefficient (Wildman–Crippen LogP) is 4.83. The number of halogens is 2. The Morgan fingerprint density at radius 3 is 2.45 bits per heavy atom. The minimum absolute atomic E-state index is 0.273. The third-order valence-corrected chi connectivity index (χ3v) is 4.49. The van der Waals surface area contributed by atoms with Gasteiger partial charge in [0.2, 0.25) is 5.60 Å². The lowest BCUT2D eigenvalue weighted by atomic mass is 10.0. The normalized spacial score (nSPS) is 11.3. The van der Waals surface area contributed by atoms with E-state index in [-0.39, 0.29) is 5.75 Å². The topological polar surface area (TPSA) is 94.7 Å². The number of aliphatic carboxylic acids is 1. The molecule has 31 heavy (non-hydrogen) atoms. The fourth-order valence-electron chi connectivity index (χ4n) is 2.83. The van der Waals surface area contributed by atoms with Crippen molar-refractivity contribution in [3.63, 3.8) is 0 Å². The number of hydrogen-bond donors (Lipinski definition) is 2. The van der Waals surface area contributed by atoms with Crippen molar-refractivity contribution >= 4 is 5.97 Å². The fraction of sp³-hybridized carbons (Fsp3) is 0.217. The number of carbonyl (C=O) groups is 1. The quantitative estimate of drug-likeness (QED) is 0.560. The van der Waals surface area contributed by atoms with Crippen LogP contribution in [0.5, 0.6) is 17.5 Å². The number of carboxylic acid groups (broad SMARTS) is 1. The number of benzene rings is 2. The Labute approximate surface area is 178 Å². The zero-order chi connectivity index (χ0) is 22.8. The molecule has 8 heteroatoms. The maximum absolute atomic E-state index is 14.3. The molecule has 1 heterocycles. The lowest BCUT2D eigenvalue weighted by Crippen LogP contribution is -2.38. The molecular weight excluding hydrogens is 406 g/mol. The molecule has 0 atom stereocenters. The van der Waals surface area contributed by atoms with Crippen molar-refractivity contribution in [2.75, 3.05) is 0 Å². The minimum atomic E-state index is -1.77. The second-order valence-corrected chi connectivity index (χ2v) is 7.52. The number of carboxylic acids is 1. The molecule has 162 valence electrons. The number of rotatable bonds is 7. The van der Waals surface area contributed by atoms with E-state index in [1.165, 1.54) is 13.8 Å². The van der Waals surface area contributed by atoms with Gasteiger partial charge in [0.15, 0.2) is 11.6 Å². The first-order valence-corrected chi connectivity index (χ1v) is 9.46. The maximum Gasteiger partial charge on any atom is 0.347 e. The molecular formula is C23H22F2N2O4. The van der Waals surface area contributed by atoms with E-state index in [0.29, 0.717) is 12.6 Å². The molecule has 0 aliphatic rings. The van der Waals surface area contributed by atoms with Gasteiger partial charge in [0.1, 0.15) is 5.75 Å². The van der Waals surface area contributed by atoms with Gasteiger partial charge in [-0.15, -0.1) is 0 Å². The summed E-state index contributed by atoms with van der Waals surface area (Å²) in [5.41, 5.74) is 7.45. The summed E-state index contributed by atoms with van der Waals surface area (Å²) in [6.07, 6.45) is 0. The molecule has 6 nitrogen and oxygen atoms in total. The van der Waals surface area contributed by atoms with Crippen LogP contribution in [0, 0.1) is 18.6 Å². The SMILES string of the molecule is Cc1cc(Oc2nc(OC(C)(C)C(=O)O)c(F)cc2F)cc(-c2cccc(CN)c2)c1. The van der Waals surface area contributed by atoms with Crippen LogP contribution in [0.25, 0.3) is 11.1 Å². The Bertz CT molecular complexity index is 1130. The predicted molar refractivity (Wildman–Crippen MR) is 111 cm³/mol. The highest BCUT2D eigenvalue weighted by molar-refractivity contribution is 5.76. The van der Waals surface area contributed by atoms with Crippen molar-refractivity contribution in [3.05, 3.63) is 71.3 Å². The summed E-state index contributed by atoms with van der Waals surface area (Å²) in [7, 11) is 0. The number of aryl methyl sites for hydroxylation is 1. The number of pyridine rings is 1. The smallest absolute Gasteiger partial charge is 0.347 e. The Kier molecular flexibility index (Phi) is 6.21. The van der Waals surface area contributed by atoms with E-state index in [2.05, 4.69) is 4.98 Å². The lowest BCUT2D eigenvalue weighted by molar-refractivity contribution is -0.152.